The lowest BCUT2D eigenvalue weighted by Crippen LogP contribution is -2.47. The molecule has 8 nitrogen and oxygen atoms in total. The third-order valence-corrected chi connectivity index (χ3v) is 5.97. The monoisotopic (exact) mass is 358 g/mol. The van der Waals surface area contributed by atoms with Gasteiger partial charge in [-0.3, -0.25) is 9.59 Å². The Balaban J connectivity index is 2.27. The first-order chi connectivity index (χ1) is 11.1. The molecule has 1 amide bonds. The van der Waals surface area contributed by atoms with Crippen molar-refractivity contribution in [2.45, 2.75) is 49.7 Å². The number of rotatable bonds is 6. The minimum Gasteiger partial charge on any atom is -0.481 e. The molecule has 1 saturated carbocycles. The summed E-state index contributed by atoms with van der Waals surface area (Å²) >= 11 is 0. The lowest BCUT2D eigenvalue weighted by atomic mass is 9.92. The van der Waals surface area contributed by atoms with E-state index in [1.54, 1.807) is 0 Å². The van der Waals surface area contributed by atoms with Crippen molar-refractivity contribution in [3.05, 3.63) is 17.4 Å². The largest absolute Gasteiger partial charge is 0.481 e. The number of hydrogen-bond acceptors (Lipinski definition) is 5. The van der Waals surface area contributed by atoms with E-state index in [0.29, 0.717) is 12.8 Å². The van der Waals surface area contributed by atoms with Crippen LogP contribution in [0.15, 0.2) is 15.6 Å². The van der Waals surface area contributed by atoms with E-state index in [2.05, 4.69) is 5.32 Å². The molecule has 1 aromatic heterocycles. The minimum atomic E-state index is -3.78. The number of furan rings is 1. The van der Waals surface area contributed by atoms with E-state index in [1.807, 2.05) is 0 Å². The van der Waals surface area contributed by atoms with Gasteiger partial charge in [0.25, 0.3) is 15.9 Å². The Hall–Kier alpha value is -1.87. The molecule has 1 aliphatic carbocycles. The first-order valence-electron chi connectivity index (χ1n) is 7.65. The van der Waals surface area contributed by atoms with Crippen LogP contribution in [0.4, 0.5) is 0 Å². The molecule has 1 aromatic rings. The quantitative estimate of drug-likeness (QED) is 0.793. The molecule has 0 saturated heterocycles. The average Bonchev–Trinajstić information content (AvgIpc) is 3.05. The van der Waals surface area contributed by atoms with Crippen LogP contribution >= 0.6 is 0 Å². The highest BCUT2D eigenvalue weighted by Crippen LogP contribution is 2.33. The second kappa shape index (κ2) is 6.56. The first-order valence-corrected chi connectivity index (χ1v) is 9.09. The summed E-state index contributed by atoms with van der Waals surface area (Å²) in [6, 6.07) is 1.18. The van der Waals surface area contributed by atoms with Gasteiger partial charge in [-0.05, 0) is 19.8 Å². The Labute approximate surface area is 140 Å². The zero-order valence-electron chi connectivity index (χ0n) is 14.0. The van der Waals surface area contributed by atoms with E-state index in [4.69, 9.17) is 9.52 Å². The van der Waals surface area contributed by atoms with Crippen LogP contribution in [0.1, 0.15) is 48.2 Å². The molecule has 0 spiro atoms. The molecule has 0 aromatic carbocycles. The molecule has 9 heteroatoms. The number of aryl methyl sites for hydroxylation is 1. The summed E-state index contributed by atoms with van der Waals surface area (Å²) in [7, 11) is -1.04. The molecule has 1 aliphatic rings. The van der Waals surface area contributed by atoms with E-state index in [1.165, 1.54) is 27.1 Å². The van der Waals surface area contributed by atoms with Crippen LogP contribution in [0.3, 0.4) is 0 Å². The van der Waals surface area contributed by atoms with Crippen LogP contribution in [0.25, 0.3) is 0 Å². The maximum absolute atomic E-state index is 12.5. The SMILES string of the molecule is Cc1oc(S(=O)(=O)N(C)C)cc1C(=O)NC1(CC(=O)O)CCCC1. The van der Waals surface area contributed by atoms with Crippen LogP contribution in [-0.2, 0) is 14.8 Å². The van der Waals surface area contributed by atoms with Gasteiger partial charge in [0.15, 0.2) is 0 Å². The van der Waals surface area contributed by atoms with Crippen molar-refractivity contribution in [3.8, 4) is 0 Å². The number of carbonyl (C=O) groups is 2. The van der Waals surface area contributed by atoms with Crippen molar-refractivity contribution < 1.29 is 27.5 Å². The van der Waals surface area contributed by atoms with Gasteiger partial charge in [0.05, 0.1) is 17.5 Å². The number of nitrogens with one attached hydrogen (secondary N) is 1. The highest BCUT2D eigenvalue weighted by atomic mass is 32.2. The Morgan fingerprint density at radius 1 is 1.33 bits per heavy atom. The average molecular weight is 358 g/mol. The van der Waals surface area contributed by atoms with Crippen LogP contribution < -0.4 is 5.32 Å². The normalized spacial score (nSPS) is 17.2. The zero-order chi connectivity index (χ0) is 18.1. The molecule has 1 fully saturated rings. The molecule has 2 N–H and O–H groups in total. The van der Waals surface area contributed by atoms with Crippen LogP contribution in [0.5, 0.6) is 0 Å². The summed E-state index contributed by atoms with van der Waals surface area (Å²) in [6.45, 7) is 1.50. The van der Waals surface area contributed by atoms with Crippen molar-refractivity contribution >= 4 is 21.9 Å². The van der Waals surface area contributed by atoms with E-state index in [-0.39, 0.29) is 22.8 Å². The molecule has 0 radical (unpaired) electrons. The fraction of sp³-hybridized carbons (Fsp3) is 0.600. The Morgan fingerprint density at radius 2 is 1.92 bits per heavy atom. The Kier molecular flexibility index (Phi) is 5.05. The van der Waals surface area contributed by atoms with Crippen molar-refractivity contribution in [2.75, 3.05) is 14.1 Å². The molecular formula is C15H22N2O6S. The summed E-state index contributed by atoms with van der Waals surface area (Å²) < 4.78 is 30.4. The number of carbonyl (C=O) groups excluding carboxylic acids is 1. The summed E-state index contributed by atoms with van der Waals surface area (Å²) in [5, 5.41) is 11.6. The van der Waals surface area contributed by atoms with Gasteiger partial charge in [-0.15, -0.1) is 0 Å². The number of carboxylic acid groups (broad SMARTS) is 1. The van der Waals surface area contributed by atoms with Crippen LogP contribution in [0.2, 0.25) is 0 Å². The second-order valence-corrected chi connectivity index (χ2v) is 8.42. The molecule has 0 aliphatic heterocycles. The van der Waals surface area contributed by atoms with Gasteiger partial charge in [-0.1, -0.05) is 12.8 Å². The maximum atomic E-state index is 12.5. The van der Waals surface area contributed by atoms with Crippen molar-refractivity contribution in [2.24, 2.45) is 0 Å². The lowest BCUT2D eigenvalue weighted by molar-refractivity contribution is -0.138. The van der Waals surface area contributed by atoms with E-state index >= 15 is 0 Å². The summed E-state index contributed by atoms with van der Waals surface area (Å²) in [4.78, 5) is 23.6. The highest BCUT2D eigenvalue weighted by Gasteiger charge is 2.38. The number of hydrogen-bond donors (Lipinski definition) is 2. The number of aliphatic carboxylic acids is 1. The van der Waals surface area contributed by atoms with E-state index in [9.17, 15) is 18.0 Å². The smallest absolute Gasteiger partial charge is 0.305 e. The standard InChI is InChI=1S/C15H22N2O6S/c1-10-11(8-13(23-10)24(21,22)17(2)3)14(20)16-15(9-12(18)19)6-4-5-7-15/h8H,4-7,9H2,1-3H3,(H,16,20)(H,18,19). The predicted molar refractivity (Wildman–Crippen MR) is 85.2 cm³/mol. The van der Waals surface area contributed by atoms with Crippen LogP contribution in [-0.4, -0.2) is 49.3 Å². The van der Waals surface area contributed by atoms with Gasteiger partial charge in [0.1, 0.15) is 5.76 Å². The summed E-state index contributed by atoms with van der Waals surface area (Å²) in [5.41, 5.74) is -0.681. The molecule has 0 bridgehead atoms. The number of nitrogens with zero attached hydrogens (tertiary/aromatic N) is 1. The van der Waals surface area contributed by atoms with Crippen molar-refractivity contribution in [1.29, 1.82) is 0 Å². The molecule has 2 rings (SSSR count). The number of carboxylic acids is 1. The van der Waals surface area contributed by atoms with Crippen molar-refractivity contribution in [3.63, 3.8) is 0 Å². The molecule has 0 atom stereocenters. The Morgan fingerprint density at radius 3 is 2.42 bits per heavy atom. The van der Waals surface area contributed by atoms with Gasteiger partial charge in [0.2, 0.25) is 5.09 Å². The van der Waals surface area contributed by atoms with Crippen LogP contribution in [0, 0.1) is 6.92 Å². The van der Waals surface area contributed by atoms with Crippen molar-refractivity contribution in [1.82, 2.24) is 9.62 Å². The molecular weight excluding hydrogens is 336 g/mol. The van der Waals surface area contributed by atoms with Gasteiger partial charge in [0, 0.05) is 20.2 Å². The van der Waals surface area contributed by atoms with Gasteiger partial charge >= 0.3 is 5.97 Å². The summed E-state index contributed by atoms with van der Waals surface area (Å²) in [6.07, 6.45) is 2.71. The van der Waals surface area contributed by atoms with E-state index in [0.717, 1.165) is 17.1 Å². The number of amides is 1. The Bertz CT molecular complexity index is 744. The first kappa shape index (κ1) is 18.5. The third-order valence-electron chi connectivity index (χ3n) is 4.30. The van der Waals surface area contributed by atoms with Gasteiger partial charge in [-0.2, -0.15) is 0 Å². The van der Waals surface area contributed by atoms with Gasteiger partial charge in [-0.25, -0.2) is 12.7 Å². The fourth-order valence-corrected chi connectivity index (χ4v) is 3.84. The molecule has 24 heavy (non-hydrogen) atoms. The highest BCUT2D eigenvalue weighted by molar-refractivity contribution is 7.88. The molecule has 0 unspecified atom stereocenters. The number of sulfonamides is 1. The lowest BCUT2D eigenvalue weighted by Gasteiger charge is -2.28. The second-order valence-electron chi connectivity index (χ2n) is 6.33. The predicted octanol–water partition coefficient (Wildman–Crippen LogP) is 1.36. The molecule has 134 valence electrons. The zero-order valence-corrected chi connectivity index (χ0v) is 14.8. The fourth-order valence-electron chi connectivity index (χ4n) is 2.98. The topological polar surface area (TPSA) is 117 Å². The maximum Gasteiger partial charge on any atom is 0.305 e. The minimum absolute atomic E-state index is 0.104. The van der Waals surface area contributed by atoms with Gasteiger partial charge < -0.3 is 14.8 Å². The third kappa shape index (κ3) is 3.62. The summed E-state index contributed by atoms with van der Waals surface area (Å²) in [5.74, 6) is -1.31. The molecule has 1 heterocycles. The van der Waals surface area contributed by atoms with E-state index < -0.39 is 27.4 Å².